The summed E-state index contributed by atoms with van der Waals surface area (Å²) in [5, 5.41) is 12.4. The first-order valence-electron chi connectivity index (χ1n) is 9.39. The van der Waals surface area contributed by atoms with Crippen molar-refractivity contribution in [3.63, 3.8) is 0 Å². The van der Waals surface area contributed by atoms with Crippen LogP contribution in [0.3, 0.4) is 0 Å². The van der Waals surface area contributed by atoms with Gasteiger partial charge in [-0.2, -0.15) is 4.31 Å². The first-order chi connectivity index (χ1) is 14.4. The minimum absolute atomic E-state index is 0.138. The molecule has 0 spiro atoms. The van der Waals surface area contributed by atoms with E-state index in [1.807, 2.05) is 18.2 Å². The van der Waals surface area contributed by atoms with Crippen LogP contribution in [0.15, 0.2) is 59.5 Å². The Hall–Kier alpha value is -2.33. The summed E-state index contributed by atoms with van der Waals surface area (Å²) in [7, 11) is -3.62. The lowest BCUT2D eigenvalue weighted by Crippen LogP contribution is -2.43. The SMILES string of the molecule is O=C(Nc1nnc(-c2ccccc2Cl)s1)C1CCCN(S(=O)(=O)c2ccccc2)C1. The van der Waals surface area contributed by atoms with Gasteiger partial charge in [0.2, 0.25) is 21.1 Å². The zero-order valence-electron chi connectivity index (χ0n) is 15.9. The number of amides is 1. The van der Waals surface area contributed by atoms with Gasteiger partial charge in [-0.15, -0.1) is 10.2 Å². The molecule has 0 saturated carbocycles. The van der Waals surface area contributed by atoms with Gasteiger partial charge >= 0.3 is 0 Å². The largest absolute Gasteiger partial charge is 0.300 e. The van der Waals surface area contributed by atoms with E-state index < -0.39 is 15.9 Å². The molecule has 2 heterocycles. The van der Waals surface area contributed by atoms with Crippen molar-refractivity contribution in [1.29, 1.82) is 0 Å². The number of carbonyl (C=O) groups excluding carboxylic acids is 1. The van der Waals surface area contributed by atoms with Crippen molar-refractivity contribution in [3.8, 4) is 10.6 Å². The zero-order chi connectivity index (χ0) is 21.1. The summed E-state index contributed by atoms with van der Waals surface area (Å²) >= 11 is 7.42. The molecule has 1 aliphatic heterocycles. The van der Waals surface area contributed by atoms with Crippen molar-refractivity contribution < 1.29 is 13.2 Å². The minimum atomic E-state index is -3.62. The molecule has 2 aromatic carbocycles. The van der Waals surface area contributed by atoms with Crippen molar-refractivity contribution in [3.05, 3.63) is 59.6 Å². The molecule has 0 radical (unpaired) electrons. The lowest BCUT2D eigenvalue weighted by molar-refractivity contribution is -0.120. The van der Waals surface area contributed by atoms with Crippen molar-refractivity contribution in [2.24, 2.45) is 5.92 Å². The monoisotopic (exact) mass is 462 g/mol. The van der Waals surface area contributed by atoms with E-state index in [4.69, 9.17) is 11.6 Å². The summed E-state index contributed by atoms with van der Waals surface area (Å²) in [6.07, 6.45) is 1.23. The van der Waals surface area contributed by atoms with E-state index in [2.05, 4.69) is 15.5 Å². The van der Waals surface area contributed by atoms with Crippen molar-refractivity contribution >= 4 is 44.0 Å². The summed E-state index contributed by atoms with van der Waals surface area (Å²) in [4.78, 5) is 13.0. The topological polar surface area (TPSA) is 92.3 Å². The van der Waals surface area contributed by atoms with E-state index in [0.717, 1.165) is 5.56 Å². The molecule has 0 aliphatic carbocycles. The molecule has 156 valence electrons. The molecular weight excluding hydrogens is 444 g/mol. The Labute approximate surface area is 183 Å². The van der Waals surface area contributed by atoms with Gasteiger partial charge in [-0.25, -0.2) is 8.42 Å². The maximum absolute atomic E-state index is 12.9. The van der Waals surface area contributed by atoms with Crippen molar-refractivity contribution in [1.82, 2.24) is 14.5 Å². The maximum Gasteiger partial charge on any atom is 0.243 e. The number of benzene rings is 2. The third-order valence-corrected chi connectivity index (χ3v) is 7.98. The fourth-order valence-electron chi connectivity index (χ4n) is 3.34. The lowest BCUT2D eigenvalue weighted by Gasteiger charge is -2.31. The molecule has 1 amide bonds. The van der Waals surface area contributed by atoms with Crippen LogP contribution in [0.2, 0.25) is 5.02 Å². The number of nitrogens with zero attached hydrogens (tertiary/aromatic N) is 3. The molecule has 10 heteroatoms. The average Bonchev–Trinajstić information content (AvgIpc) is 3.23. The van der Waals surface area contributed by atoms with Gasteiger partial charge in [0.05, 0.1) is 15.8 Å². The Morgan fingerprint density at radius 3 is 2.60 bits per heavy atom. The van der Waals surface area contributed by atoms with Crippen LogP contribution in [0, 0.1) is 5.92 Å². The molecule has 7 nitrogen and oxygen atoms in total. The first-order valence-corrected chi connectivity index (χ1v) is 12.0. The molecule has 1 saturated heterocycles. The number of carbonyl (C=O) groups is 1. The van der Waals surface area contributed by atoms with E-state index in [1.54, 1.807) is 36.4 Å². The molecule has 1 N–H and O–H groups in total. The van der Waals surface area contributed by atoms with E-state index >= 15 is 0 Å². The van der Waals surface area contributed by atoms with Gasteiger partial charge in [-0.1, -0.05) is 59.3 Å². The highest BCUT2D eigenvalue weighted by Gasteiger charge is 2.33. The van der Waals surface area contributed by atoms with E-state index in [1.165, 1.54) is 15.6 Å². The fraction of sp³-hybridized carbons (Fsp3) is 0.250. The van der Waals surface area contributed by atoms with E-state index in [-0.39, 0.29) is 17.3 Å². The van der Waals surface area contributed by atoms with Crippen LogP contribution in [0.1, 0.15) is 12.8 Å². The average molecular weight is 463 g/mol. The van der Waals surface area contributed by atoms with Crippen LogP contribution in [-0.4, -0.2) is 41.9 Å². The van der Waals surface area contributed by atoms with Crippen molar-refractivity contribution in [2.45, 2.75) is 17.7 Å². The van der Waals surface area contributed by atoms with Crippen LogP contribution in [0.5, 0.6) is 0 Å². The van der Waals surface area contributed by atoms with Gasteiger partial charge in [-0.3, -0.25) is 4.79 Å². The van der Waals surface area contributed by atoms with Crippen LogP contribution in [-0.2, 0) is 14.8 Å². The second-order valence-corrected chi connectivity index (χ2v) is 10.2. The minimum Gasteiger partial charge on any atom is -0.300 e. The molecule has 3 aromatic rings. The van der Waals surface area contributed by atoms with Crippen LogP contribution in [0.4, 0.5) is 5.13 Å². The normalized spacial score (nSPS) is 17.6. The molecule has 30 heavy (non-hydrogen) atoms. The predicted octanol–water partition coefficient (Wildman–Crippen LogP) is 3.90. The van der Waals surface area contributed by atoms with Gasteiger partial charge in [0.1, 0.15) is 0 Å². The first kappa shape index (κ1) is 20.9. The second kappa shape index (κ2) is 8.81. The number of anilines is 1. The standard InChI is InChI=1S/C20H19ClN4O3S2/c21-17-11-5-4-10-16(17)19-23-24-20(29-19)22-18(26)14-7-6-12-25(13-14)30(27,28)15-8-2-1-3-9-15/h1-5,8-11,14H,6-7,12-13H2,(H,22,24,26). The number of nitrogens with one attached hydrogen (secondary N) is 1. The smallest absolute Gasteiger partial charge is 0.243 e. The van der Waals surface area contributed by atoms with E-state index in [9.17, 15) is 13.2 Å². The molecule has 1 unspecified atom stereocenters. The van der Waals surface area contributed by atoms with Gasteiger partial charge < -0.3 is 5.32 Å². The van der Waals surface area contributed by atoms with Gasteiger partial charge in [-0.05, 0) is 31.0 Å². The summed E-state index contributed by atoms with van der Waals surface area (Å²) < 4.78 is 27.1. The predicted molar refractivity (Wildman–Crippen MR) is 117 cm³/mol. The molecule has 1 fully saturated rings. The quantitative estimate of drug-likeness (QED) is 0.620. The highest BCUT2D eigenvalue weighted by Crippen LogP contribution is 2.32. The highest BCUT2D eigenvalue weighted by molar-refractivity contribution is 7.89. The molecule has 1 aromatic heterocycles. The highest BCUT2D eigenvalue weighted by atomic mass is 35.5. The Balaban J connectivity index is 1.45. The number of hydrogen-bond donors (Lipinski definition) is 1. The number of aromatic nitrogens is 2. The molecular formula is C20H19ClN4O3S2. The molecule has 1 atom stereocenters. The molecule has 1 aliphatic rings. The summed E-state index contributed by atoms with van der Waals surface area (Å²) in [6, 6.07) is 15.6. The number of rotatable bonds is 5. The van der Waals surface area contributed by atoms with Crippen LogP contribution < -0.4 is 5.32 Å². The van der Waals surface area contributed by atoms with Gasteiger partial charge in [0.25, 0.3) is 0 Å². The third kappa shape index (κ3) is 4.39. The third-order valence-electron chi connectivity index (χ3n) is 4.90. The number of hydrogen-bond acceptors (Lipinski definition) is 6. The number of sulfonamides is 1. The number of piperidine rings is 1. The Bertz CT molecular complexity index is 1150. The Kier molecular flexibility index (Phi) is 6.14. The summed E-state index contributed by atoms with van der Waals surface area (Å²) in [5.74, 6) is -0.713. The fourth-order valence-corrected chi connectivity index (χ4v) is 5.95. The lowest BCUT2D eigenvalue weighted by atomic mass is 9.99. The molecule has 0 bridgehead atoms. The van der Waals surface area contributed by atoms with Gasteiger partial charge in [0, 0.05) is 18.7 Å². The number of halogens is 1. The summed E-state index contributed by atoms with van der Waals surface area (Å²) in [5.41, 5.74) is 0.745. The Morgan fingerprint density at radius 1 is 1.10 bits per heavy atom. The van der Waals surface area contributed by atoms with Crippen LogP contribution in [0.25, 0.3) is 10.6 Å². The van der Waals surface area contributed by atoms with Crippen molar-refractivity contribution in [2.75, 3.05) is 18.4 Å². The van der Waals surface area contributed by atoms with Gasteiger partial charge in [0.15, 0.2) is 5.01 Å². The Morgan fingerprint density at radius 2 is 1.83 bits per heavy atom. The molecule has 4 rings (SSSR count). The van der Waals surface area contributed by atoms with Crippen LogP contribution >= 0.6 is 22.9 Å². The second-order valence-electron chi connectivity index (χ2n) is 6.90. The zero-order valence-corrected chi connectivity index (χ0v) is 18.3. The van der Waals surface area contributed by atoms with E-state index in [0.29, 0.717) is 34.5 Å². The maximum atomic E-state index is 12.9. The summed E-state index contributed by atoms with van der Waals surface area (Å²) in [6.45, 7) is 0.537.